The Balaban J connectivity index is 2.37. The summed E-state index contributed by atoms with van der Waals surface area (Å²) in [6.07, 6.45) is 2.05. The molecule has 0 bridgehead atoms. The zero-order chi connectivity index (χ0) is 14.0. The van der Waals surface area contributed by atoms with Crippen molar-refractivity contribution in [3.63, 3.8) is 0 Å². The van der Waals surface area contributed by atoms with Gasteiger partial charge < -0.3 is 15.8 Å². The van der Waals surface area contributed by atoms with Crippen molar-refractivity contribution in [2.75, 3.05) is 0 Å². The van der Waals surface area contributed by atoms with Gasteiger partial charge in [-0.2, -0.15) is 0 Å². The molecule has 0 aliphatic rings. The van der Waals surface area contributed by atoms with Gasteiger partial charge in [-0.25, -0.2) is 14.8 Å². The van der Waals surface area contributed by atoms with E-state index in [0.717, 1.165) is 12.4 Å². The average Bonchev–Trinajstić information content (AvgIpc) is 2.72. The van der Waals surface area contributed by atoms with E-state index < -0.39 is 5.97 Å². The zero-order valence-electron chi connectivity index (χ0n) is 9.39. The highest BCUT2D eigenvalue weighted by Gasteiger charge is 2.07. The maximum absolute atomic E-state index is 10.7. The molecule has 1 heterocycles. The Kier molecular flexibility index (Phi) is 3.73. The van der Waals surface area contributed by atoms with E-state index in [4.69, 9.17) is 34.0 Å². The van der Waals surface area contributed by atoms with Gasteiger partial charge >= 0.3 is 5.97 Å². The number of nitrogens with zero attached hydrogens (tertiary/aromatic N) is 2. The first kappa shape index (κ1) is 13.4. The van der Waals surface area contributed by atoms with Crippen LogP contribution in [0.25, 0.3) is 11.0 Å². The zero-order valence-corrected chi connectivity index (χ0v) is 10.9. The van der Waals surface area contributed by atoms with Crippen LogP contribution in [0.5, 0.6) is 0 Å². The van der Waals surface area contributed by atoms with E-state index in [9.17, 15) is 4.79 Å². The minimum atomic E-state index is -1.17. The number of hydrogen-bond acceptors (Lipinski definition) is 4. The fourth-order valence-corrected chi connectivity index (χ4v) is 1.67. The number of aliphatic carboxylic acids is 1. The topological polar surface area (TPSA) is 104 Å². The van der Waals surface area contributed by atoms with Gasteiger partial charge in [0.1, 0.15) is 0 Å². The van der Waals surface area contributed by atoms with Gasteiger partial charge in [0.05, 0.1) is 26.7 Å². The molecule has 98 valence electrons. The number of nitrogens with two attached hydrogens (primary N) is 1. The number of hydrogen-bond donors (Lipinski definition) is 3. The summed E-state index contributed by atoms with van der Waals surface area (Å²) in [7, 11) is 0. The van der Waals surface area contributed by atoms with Crippen LogP contribution in [0.4, 0.5) is 5.95 Å². The fourth-order valence-electron chi connectivity index (χ4n) is 1.35. The summed E-state index contributed by atoms with van der Waals surface area (Å²) < 4.78 is 0. The molecular weight excluding hydrogens is 291 g/mol. The molecule has 1 aromatic heterocycles. The molecule has 0 fully saturated rings. The van der Waals surface area contributed by atoms with Crippen LogP contribution in [-0.4, -0.2) is 27.3 Å². The second-order valence-corrected chi connectivity index (χ2v) is 4.34. The van der Waals surface area contributed by atoms with Crippen molar-refractivity contribution in [1.29, 1.82) is 0 Å². The number of benzene rings is 1. The second-order valence-electron chi connectivity index (χ2n) is 3.53. The van der Waals surface area contributed by atoms with Gasteiger partial charge in [-0.1, -0.05) is 23.2 Å². The fraction of sp³-hybridized carbons (Fsp3) is 0. The maximum Gasteiger partial charge on any atom is 0.338 e. The number of nitrogens with one attached hydrogen (secondary N) is 1. The first-order chi connectivity index (χ1) is 9.01. The smallest absolute Gasteiger partial charge is 0.338 e. The Morgan fingerprint density at radius 3 is 2.74 bits per heavy atom. The van der Waals surface area contributed by atoms with Gasteiger partial charge in [0.25, 0.3) is 0 Å². The van der Waals surface area contributed by atoms with Crippen molar-refractivity contribution in [2.24, 2.45) is 10.7 Å². The number of halogens is 2. The van der Waals surface area contributed by atoms with Crippen LogP contribution in [0.2, 0.25) is 10.0 Å². The van der Waals surface area contributed by atoms with Crippen LogP contribution in [0.1, 0.15) is 0 Å². The number of aliphatic imine (C=N–C) groups is 1. The Morgan fingerprint density at radius 1 is 1.42 bits per heavy atom. The molecule has 0 aliphatic heterocycles. The summed E-state index contributed by atoms with van der Waals surface area (Å²) in [5.41, 5.74) is 6.24. The first-order valence-corrected chi connectivity index (χ1v) is 5.81. The Bertz CT molecular complexity index is 667. The molecular formula is C11H8Cl2N4O2. The molecule has 1 aromatic carbocycles. The predicted octanol–water partition coefficient (Wildman–Crippen LogP) is 2.50. The lowest BCUT2D eigenvalue weighted by atomic mass is 10.3. The molecule has 6 nitrogen and oxygen atoms in total. The van der Waals surface area contributed by atoms with E-state index in [-0.39, 0.29) is 11.5 Å². The number of rotatable bonds is 3. The SMILES string of the molecule is N/C=C(\C=N\c1nc2cc(Cl)c(Cl)cc2[nH]1)C(=O)O. The van der Waals surface area contributed by atoms with Crippen molar-refractivity contribution < 1.29 is 9.90 Å². The molecule has 0 unspecified atom stereocenters. The number of carboxylic acid groups (broad SMARTS) is 1. The Hall–Kier alpha value is -2.05. The van der Waals surface area contributed by atoms with Crippen LogP contribution in [0, 0.1) is 0 Å². The molecule has 0 spiro atoms. The molecule has 2 aromatic rings. The Morgan fingerprint density at radius 2 is 2.11 bits per heavy atom. The first-order valence-electron chi connectivity index (χ1n) is 5.05. The lowest BCUT2D eigenvalue weighted by molar-refractivity contribution is -0.132. The van der Waals surface area contributed by atoms with Crippen molar-refractivity contribution >= 4 is 52.4 Å². The van der Waals surface area contributed by atoms with Crippen molar-refractivity contribution in [3.8, 4) is 0 Å². The van der Waals surface area contributed by atoms with Crippen molar-refractivity contribution in [1.82, 2.24) is 9.97 Å². The maximum atomic E-state index is 10.7. The van der Waals surface area contributed by atoms with Crippen LogP contribution in [0.3, 0.4) is 0 Å². The number of carbonyl (C=O) groups is 1. The minimum Gasteiger partial charge on any atom is -0.478 e. The van der Waals surface area contributed by atoms with E-state index in [0.29, 0.717) is 21.1 Å². The van der Waals surface area contributed by atoms with E-state index in [1.165, 1.54) is 0 Å². The summed E-state index contributed by atoms with van der Waals surface area (Å²) in [5, 5.41) is 9.53. The number of fused-ring (bicyclic) bond motifs is 1. The van der Waals surface area contributed by atoms with E-state index in [1.54, 1.807) is 12.1 Å². The molecule has 19 heavy (non-hydrogen) atoms. The van der Waals surface area contributed by atoms with Crippen LogP contribution < -0.4 is 5.73 Å². The molecule has 0 saturated heterocycles. The van der Waals surface area contributed by atoms with Gasteiger partial charge in [-0.15, -0.1) is 0 Å². The monoisotopic (exact) mass is 298 g/mol. The molecule has 0 aliphatic carbocycles. The summed E-state index contributed by atoms with van der Waals surface area (Å²) in [6.45, 7) is 0. The number of aromatic nitrogens is 2. The van der Waals surface area contributed by atoms with Gasteiger partial charge in [0.2, 0.25) is 5.95 Å². The van der Waals surface area contributed by atoms with Gasteiger partial charge in [-0.3, -0.25) is 0 Å². The third-order valence-electron chi connectivity index (χ3n) is 2.26. The Labute approximate surface area is 117 Å². The highest BCUT2D eigenvalue weighted by Crippen LogP contribution is 2.27. The minimum absolute atomic E-state index is 0.142. The normalized spacial score (nSPS) is 12.4. The summed E-state index contributed by atoms with van der Waals surface area (Å²) in [4.78, 5) is 21.6. The van der Waals surface area contributed by atoms with Crippen LogP contribution >= 0.6 is 23.2 Å². The summed E-state index contributed by atoms with van der Waals surface area (Å²) in [5.74, 6) is -0.942. The van der Waals surface area contributed by atoms with E-state index in [1.807, 2.05) is 0 Å². The average molecular weight is 299 g/mol. The van der Waals surface area contributed by atoms with Crippen LogP contribution in [-0.2, 0) is 4.79 Å². The van der Waals surface area contributed by atoms with Gasteiger partial charge in [0.15, 0.2) is 0 Å². The quantitative estimate of drug-likeness (QED) is 0.598. The molecule has 0 amide bonds. The molecule has 0 atom stereocenters. The van der Waals surface area contributed by atoms with Gasteiger partial charge in [-0.05, 0) is 12.1 Å². The van der Waals surface area contributed by atoms with Gasteiger partial charge in [0, 0.05) is 12.4 Å². The number of carboxylic acids is 1. The third-order valence-corrected chi connectivity index (χ3v) is 2.99. The molecule has 8 heteroatoms. The molecule has 4 N–H and O–H groups in total. The summed E-state index contributed by atoms with van der Waals surface area (Å²) >= 11 is 11.7. The standard InChI is InChI=1S/C11H8Cl2N4O2/c12-6-1-8-9(2-7(6)13)17-11(16-8)15-4-5(3-14)10(18)19/h1-4H,14H2,(H,16,17)(H,18,19)/b5-3+,15-4+. The van der Waals surface area contributed by atoms with Crippen molar-refractivity contribution in [3.05, 3.63) is 34.0 Å². The van der Waals surface area contributed by atoms with Crippen molar-refractivity contribution in [2.45, 2.75) is 0 Å². The molecule has 2 rings (SSSR count). The predicted molar refractivity (Wildman–Crippen MR) is 74.2 cm³/mol. The second kappa shape index (κ2) is 5.29. The lowest BCUT2D eigenvalue weighted by Crippen LogP contribution is -2.04. The van der Waals surface area contributed by atoms with E-state index in [2.05, 4.69) is 15.0 Å². The highest BCUT2D eigenvalue weighted by atomic mass is 35.5. The van der Waals surface area contributed by atoms with E-state index >= 15 is 0 Å². The summed E-state index contributed by atoms with van der Waals surface area (Å²) in [6, 6.07) is 3.20. The number of H-pyrrole nitrogens is 1. The lowest BCUT2D eigenvalue weighted by Gasteiger charge is -1.92. The number of imidazole rings is 1. The number of aromatic amines is 1. The largest absolute Gasteiger partial charge is 0.478 e. The van der Waals surface area contributed by atoms with Crippen LogP contribution in [0.15, 0.2) is 28.9 Å². The molecule has 0 saturated carbocycles. The molecule has 0 radical (unpaired) electrons. The third kappa shape index (κ3) is 2.86. The highest BCUT2D eigenvalue weighted by molar-refractivity contribution is 6.42.